The number of carbonyl (C=O) groups is 1. The molecular formula is C11H17NO3. The lowest BCUT2D eigenvalue weighted by Crippen LogP contribution is -2.25. The van der Waals surface area contributed by atoms with E-state index >= 15 is 0 Å². The minimum atomic E-state index is 0.0260. The molecule has 0 aliphatic rings. The smallest absolute Gasteiger partial charge is 0.222 e. The average molecular weight is 211 g/mol. The largest absolute Gasteiger partial charge is 0.464 e. The molecule has 1 aromatic rings. The Bertz CT molecular complexity index is 319. The molecule has 0 aromatic carbocycles. The van der Waals surface area contributed by atoms with E-state index in [9.17, 15) is 4.79 Å². The third kappa shape index (κ3) is 3.75. The molecule has 15 heavy (non-hydrogen) atoms. The van der Waals surface area contributed by atoms with Gasteiger partial charge in [0.15, 0.2) is 0 Å². The fourth-order valence-electron chi connectivity index (χ4n) is 1.31. The van der Waals surface area contributed by atoms with Gasteiger partial charge in [-0.2, -0.15) is 0 Å². The zero-order chi connectivity index (χ0) is 11.3. The molecule has 0 atom stereocenters. The predicted molar refractivity (Wildman–Crippen MR) is 56.2 cm³/mol. The summed E-state index contributed by atoms with van der Waals surface area (Å²) < 4.78 is 5.37. The Morgan fingerprint density at radius 3 is 2.80 bits per heavy atom. The lowest BCUT2D eigenvalue weighted by Gasteiger charge is -2.15. The van der Waals surface area contributed by atoms with E-state index in [1.165, 1.54) is 0 Å². The van der Waals surface area contributed by atoms with Crippen molar-refractivity contribution >= 4 is 5.91 Å². The first-order valence-electron chi connectivity index (χ1n) is 5.03. The van der Waals surface area contributed by atoms with Gasteiger partial charge in [0.2, 0.25) is 5.91 Å². The van der Waals surface area contributed by atoms with E-state index in [0.717, 1.165) is 11.5 Å². The third-order valence-electron chi connectivity index (χ3n) is 2.16. The summed E-state index contributed by atoms with van der Waals surface area (Å²) in [6.07, 6.45) is 0.896. The Labute approximate surface area is 89.5 Å². The van der Waals surface area contributed by atoms with Gasteiger partial charge in [0.1, 0.15) is 11.5 Å². The van der Waals surface area contributed by atoms with Crippen LogP contribution in [0.4, 0.5) is 0 Å². The lowest BCUT2D eigenvalue weighted by atomic mass is 10.3. The van der Waals surface area contributed by atoms with Crippen LogP contribution in [-0.2, 0) is 11.3 Å². The van der Waals surface area contributed by atoms with Gasteiger partial charge >= 0.3 is 0 Å². The molecule has 0 fully saturated rings. The molecule has 4 heteroatoms. The second-order valence-corrected chi connectivity index (χ2v) is 3.59. The number of aliphatic hydroxyl groups is 1. The molecule has 0 saturated heterocycles. The standard InChI is InChI=1S/C11H17NO3/c1-9-5-6-10(15-9)8-12(2)11(14)4-3-7-13/h5-6,13H,3-4,7-8H2,1-2H3. The Morgan fingerprint density at radius 1 is 1.53 bits per heavy atom. The van der Waals surface area contributed by atoms with Gasteiger partial charge in [0.25, 0.3) is 0 Å². The van der Waals surface area contributed by atoms with Crippen LogP contribution in [0.1, 0.15) is 24.4 Å². The topological polar surface area (TPSA) is 53.7 Å². The van der Waals surface area contributed by atoms with Crippen LogP contribution in [0, 0.1) is 6.92 Å². The van der Waals surface area contributed by atoms with Crippen molar-refractivity contribution in [2.24, 2.45) is 0 Å². The van der Waals surface area contributed by atoms with Crippen LogP contribution in [0.5, 0.6) is 0 Å². The molecular weight excluding hydrogens is 194 g/mol. The molecule has 0 aliphatic heterocycles. The lowest BCUT2D eigenvalue weighted by molar-refractivity contribution is -0.130. The molecule has 0 bridgehead atoms. The average Bonchev–Trinajstić information content (AvgIpc) is 2.60. The highest BCUT2D eigenvalue weighted by atomic mass is 16.3. The van der Waals surface area contributed by atoms with E-state index < -0.39 is 0 Å². The van der Waals surface area contributed by atoms with Gasteiger partial charge in [-0.05, 0) is 25.5 Å². The summed E-state index contributed by atoms with van der Waals surface area (Å²) in [4.78, 5) is 13.1. The van der Waals surface area contributed by atoms with Crippen molar-refractivity contribution in [3.63, 3.8) is 0 Å². The van der Waals surface area contributed by atoms with E-state index in [1.54, 1.807) is 11.9 Å². The number of aryl methyl sites for hydroxylation is 1. The maximum atomic E-state index is 11.5. The number of aliphatic hydroxyl groups excluding tert-OH is 1. The van der Waals surface area contributed by atoms with Gasteiger partial charge < -0.3 is 14.4 Å². The Hall–Kier alpha value is -1.29. The maximum absolute atomic E-state index is 11.5. The molecule has 0 spiro atoms. The minimum absolute atomic E-state index is 0.0260. The first-order chi connectivity index (χ1) is 7.13. The molecule has 0 aliphatic carbocycles. The highest BCUT2D eigenvalue weighted by molar-refractivity contribution is 5.75. The fourth-order valence-corrected chi connectivity index (χ4v) is 1.31. The molecule has 0 unspecified atom stereocenters. The second kappa shape index (κ2) is 5.56. The monoisotopic (exact) mass is 211 g/mol. The predicted octanol–water partition coefficient (Wildman–Crippen LogP) is 1.32. The molecule has 84 valence electrons. The molecule has 1 rings (SSSR count). The molecule has 0 saturated carbocycles. The zero-order valence-electron chi connectivity index (χ0n) is 9.19. The summed E-state index contributed by atoms with van der Waals surface area (Å²) in [6.45, 7) is 2.41. The number of furan rings is 1. The number of nitrogens with zero attached hydrogens (tertiary/aromatic N) is 1. The third-order valence-corrected chi connectivity index (χ3v) is 2.16. The number of hydrogen-bond donors (Lipinski definition) is 1. The molecule has 1 aromatic heterocycles. The van der Waals surface area contributed by atoms with Gasteiger partial charge in [0, 0.05) is 20.1 Å². The van der Waals surface area contributed by atoms with Crippen molar-refractivity contribution in [2.45, 2.75) is 26.3 Å². The van der Waals surface area contributed by atoms with E-state index in [-0.39, 0.29) is 12.5 Å². The SMILES string of the molecule is Cc1ccc(CN(C)C(=O)CCCO)o1. The van der Waals surface area contributed by atoms with Crippen molar-refractivity contribution in [1.82, 2.24) is 4.90 Å². The van der Waals surface area contributed by atoms with Gasteiger partial charge in [-0.1, -0.05) is 0 Å². The second-order valence-electron chi connectivity index (χ2n) is 3.59. The summed E-state index contributed by atoms with van der Waals surface area (Å²) in [5.74, 6) is 1.66. The van der Waals surface area contributed by atoms with E-state index in [0.29, 0.717) is 19.4 Å². The van der Waals surface area contributed by atoms with Crippen molar-refractivity contribution in [3.05, 3.63) is 23.7 Å². The molecule has 1 N–H and O–H groups in total. The van der Waals surface area contributed by atoms with Crippen LogP contribution in [0.3, 0.4) is 0 Å². The van der Waals surface area contributed by atoms with E-state index in [2.05, 4.69) is 0 Å². The highest BCUT2D eigenvalue weighted by Crippen LogP contribution is 2.09. The Balaban J connectivity index is 2.41. The van der Waals surface area contributed by atoms with Gasteiger partial charge in [-0.15, -0.1) is 0 Å². The minimum Gasteiger partial charge on any atom is -0.464 e. The van der Waals surface area contributed by atoms with E-state index in [1.807, 2.05) is 19.1 Å². The molecule has 4 nitrogen and oxygen atoms in total. The van der Waals surface area contributed by atoms with Crippen molar-refractivity contribution < 1.29 is 14.3 Å². The molecule has 1 amide bonds. The van der Waals surface area contributed by atoms with E-state index in [4.69, 9.17) is 9.52 Å². The number of hydrogen-bond acceptors (Lipinski definition) is 3. The summed E-state index contributed by atoms with van der Waals surface area (Å²) in [5, 5.41) is 8.60. The Morgan fingerprint density at radius 2 is 2.27 bits per heavy atom. The first kappa shape index (κ1) is 11.8. The van der Waals surface area contributed by atoms with Gasteiger partial charge in [0.05, 0.1) is 6.54 Å². The van der Waals surface area contributed by atoms with Crippen LogP contribution >= 0.6 is 0 Å². The van der Waals surface area contributed by atoms with Crippen LogP contribution in [0.25, 0.3) is 0 Å². The summed E-state index contributed by atoms with van der Waals surface area (Å²) in [7, 11) is 1.73. The van der Waals surface area contributed by atoms with Crippen LogP contribution in [0.2, 0.25) is 0 Å². The fraction of sp³-hybridized carbons (Fsp3) is 0.545. The van der Waals surface area contributed by atoms with Gasteiger partial charge in [-0.25, -0.2) is 0 Å². The quantitative estimate of drug-likeness (QED) is 0.799. The summed E-state index contributed by atoms with van der Waals surface area (Å²) in [5.41, 5.74) is 0. The van der Waals surface area contributed by atoms with Crippen LogP contribution < -0.4 is 0 Å². The number of rotatable bonds is 5. The Kier molecular flexibility index (Phi) is 4.37. The van der Waals surface area contributed by atoms with Crippen LogP contribution in [0.15, 0.2) is 16.5 Å². The number of amides is 1. The van der Waals surface area contributed by atoms with Crippen molar-refractivity contribution in [1.29, 1.82) is 0 Å². The van der Waals surface area contributed by atoms with Crippen LogP contribution in [-0.4, -0.2) is 29.6 Å². The van der Waals surface area contributed by atoms with Crippen molar-refractivity contribution in [2.75, 3.05) is 13.7 Å². The number of carbonyl (C=O) groups excluding carboxylic acids is 1. The molecule has 0 radical (unpaired) electrons. The molecule has 1 heterocycles. The summed E-state index contributed by atoms with van der Waals surface area (Å²) in [6, 6.07) is 3.74. The highest BCUT2D eigenvalue weighted by Gasteiger charge is 2.10. The normalized spacial score (nSPS) is 10.3. The first-order valence-corrected chi connectivity index (χ1v) is 5.03. The van der Waals surface area contributed by atoms with Gasteiger partial charge in [-0.3, -0.25) is 4.79 Å². The zero-order valence-corrected chi connectivity index (χ0v) is 9.19. The van der Waals surface area contributed by atoms with Crippen molar-refractivity contribution in [3.8, 4) is 0 Å². The maximum Gasteiger partial charge on any atom is 0.222 e. The summed E-state index contributed by atoms with van der Waals surface area (Å²) >= 11 is 0.